The van der Waals surface area contributed by atoms with Gasteiger partial charge in [-0.3, -0.25) is 9.59 Å². The van der Waals surface area contributed by atoms with Crippen molar-refractivity contribution in [3.05, 3.63) is 58.7 Å². The van der Waals surface area contributed by atoms with Crippen molar-refractivity contribution in [1.29, 1.82) is 0 Å². The minimum atomic E-state index is -4.65. The lowest BCUT2D eigenvalue weighted by Crippen LogP contribution is -2.63. The number of aryl methyl sites for hydroxylation is 2. The van der Waals surface area contributed by atoms with Crippen LogP contribution in [0.15, 0.2) is 30.3 Å². The van der Waals surface area contributed by atoms with E-state index in [2.05, 4.69) is 39.1 Å². The summed E-state index contributed by atoms with van der Waals surface area (Å²) in [5, 5.41) is 0. The molecule has 1 aromatic carbocycles. The van der Waals surface area contributed by atoms with Crippen LogP contribution >= 0.6 is 0 Å². The number of nitrogens with zero attached hydrogens (tertiary/aromatic N) is 5. The van der Waals surface area contributed by atoms with Gasteiger partial charge in [0.05, 0.1) is 29.5 Å². The van der Waals surface area contributed by atoms with Crippen molar-refractivity contribution >= 4 is 11.8 Å². The Morgan fingerprint density at radius 1 is 0.976 bits per heavy atom. The summed E-state index contributed by atoms with van der Waals surface area (Å²) in [5.74, 6) is -0.663. The van der Waals surface area contributed by atoms with Crippen LogP contribution in [0.2, 0.25) is 0 Å². The summed E-state index contributed by atoms with van der Waals surface area (Å²) in [7, 11) is 0. The lowest BCUT2D eigenvalue weighted by Gasteiger charge is -2.52. The van der Waals surface area contributed by atoms with Gasteiger partial charge in [0.2, 0.25) is 11.7 Å². The maximum Gasteiger partial charge on any atom is 0.451 e. The van der Waals surface area contributed by atoms with Crippen molar-refractivity contribution in [3.63, 3.8) is 0 Å². The number of ether oxygens (including phenoxy) is 1. The van der Waals surface area contributed by atoms with E-state index in [1.807, 2.05) is 11.0 Å². The lowest BCUT2D eigenvalue weighted by atomic mass is 9.70. The minimum absolute atomic E-state index is 0.0194. The Morgan fingerprint density at radius 2 is 1.61 bits per heavy atom. The van der Waals surface area contributed by atoms with Crippen LogP contribution in [0.4, 0.5) is 13.2 Å². The first kappa shape index (κ1) is 28.1. The van der Waals surface area contributed by atoms with Crippen LogP contribution in [0, 0.1) is 31.6 Å². The smallest absolute Gasteiger partial charge is 0.381 e. The van der Waals surface area contributed by atoms with Crippen molar-refractivity contribution in [2.45, 2.75) is 38.3 Å². The van der Waals surface area contributed by atoms with Gasteiger partial charge in [0.15, 0.2) is 0 Å². The van der Waals surface area contributed by atoms with E-state index < -0.39 is 12.0 Å². The molecule has 6 rings (SSSR count). The van der Waals surface area contributed by atoms with E-state index in [4.69, 9.17) is 4.74 Å². The molecular formula is C30H36F3N5O3. The molecule has 41 heavy (non-hydrogen) atoms. The zero-order valence-corrected chi connectivity index (χ0v) is 23.5. The predicted octanol–water partition coefficient (Wildman–Crippen LogP) is 3.32. The lowest BCUT2D eigenvalue weighted by molar-refractivity contribution is -0.145. The van der Waals surface area contributed by atoms with Crippen molar-refractivity contribution < 1.29 is 27.5 Å². The maximum atomic E-state index is 13.3. The Balaban J connectivity index is 1.06. The van der Waals surface area contributed by atoms with E-state index in [9.17, 15) is 22.8 Å². The first-order valence-corrected chi connectivity index (χ1v) is 14.4. The third-order valence-corrected chi connectivity index (χ3v) is 9.46. The molecule has 0 spiro atoms. The van der Waals surface area contributed by atoms with Crippen LogP contribution in [0.5, 0.6) is 0 Å². The number of carbonyl (C=O) groups is 2. The predicted molar refractivity (Wildman–Crippen MR) is 144 cm³/mol. The standard InChI is InChI=1S/C30H36F3N5O3/c1-19-25(20(2)35-28(34-19)30(31,32)33)27(40)37-14-22-12-36(13-23(22)15-37)10-9-29(24-6-4-3-5-7-24)17-38(18-29)26(39)21-8-11-41-16-21/h3-7,21-23H,8-18H2,1-2H3/t21?,22-,23+. The van der Waals surface area contributed by atoms with E-state index >= 15 is 0 Å². The molecule has 1 aromatic heterocycles. The summed E-state index contributed by atoms with van der Waals surface area (Å²) in [6, 6.07) is 10.5. The summed E-state index contributed by atoms with van der Waals surface area (Å²) < 4.78 is 44.7. The number of benzene rings is 1. The highest BCUT2D eigenvalue weighted by molar-refractivity contribution is 5.96. The highest BCUT2D eigenvalue weighted by Crippen LogP contribution is 2.40. The molecule has 1 unspecified atom stereocenters. The van der Waals surface area contributed by atoms with E-state index in [-0.39, 0.29) is 40.1 Å². The normalized spacial score (nSPS) is 25.8. The SMILES string of the molecule is Cc1nc(C(F)(F)F)nc(C)c1C(=O)N1C[C@H]2CN(CCC3(c4ccccc4)CN(C(=O)C4CCOC4)C3)C[C@H]2C1. The first-order chi connectivity index (χ1) is 19.5. The number of likely N-dealkylation sites (tertiary alicyclic amines) is 3. The molecule has 8 nitrogen and oxygen atoms in total. The molecule has 4 fully saturated rings. The van der Waals surface area contributed by atoms with Crippen LogP contribution in [0.25, 0.3) is 0 Å². The second kappa shape index (κ2) is 10.7. The first-order valence-electron chi connectivity index (χ1n) is 14.4. The van der Waals surface area contributed by atoms with Gasteiger partial charge in [-0.05, 0) is 50.6 Å². The Bertz CT molecular complexity index is 1270. The number of alkyl halides is 3. The Morgan fingerprint density at radius 3 is 2.17 bits per heavy atom. The van der Waals surface area contributed by atoms with Crippen LogP contribution in [-0.2, 0) is 21.1 Å². The van der Waals surface area contributed by atoms with Gasteiger partial charge in [0.1, 0.15) is 0 Å². The second-order valence-corrected chi connectivity index (χ2v) is 12.2. The van der Waals surface area contributed by atoms with Crippen molar-refractivity contribution in [2.75, 3.05) is 59.0 Å². The molecule has 11 heteroatoms. The fourth-order valence-corrected chi connectivity index (χ4v) is 7.23. The van der Waals surface area contributed by atoms with Gasteiger partial charge in [-0.1, -0.05) is 30.3 Å². The highest BCUT2D eigenvalue weighted by atomic mass is 19.4. The highest BCUT2D eigenvalue weighted by Gasteiger charge is 2.49. The molecule has 3 atom stereocenters. The van der Waals surface area contributed by atoms with Gasteiger partial charge in [-0.25, -0.2) is 9.97 Å². The van der Waals surface area contributed by atoms with Gasteiger partial charge < -0.3 is 19.4 Å². The molecule has 4 saturated heterocycles. The van der Waals surface area contributed by atoms with Gasteiger partial charge >= 0.3 is 6.18 Å². The molecule has 2 amide bonds. The second-order valence-electron chi connectivity index (χ2n) is 12.2. The average Bonchev–Trinajstić information content (AvgIpc) is 3.65. The van der Waals surface area contributed by atoms with Crippen molar-refractivity contribution in [3.8, 4) is 0 Å². The van der Waals surface area contributed by atoms with Crippen LogP contribution in [-0.4, -0.2) is 95.5 Å². The monoisotopic (exact) mass is 571 g/mol. The molecule has 0 bridgehead atoms. The van der Waals surface area contributed by atoms with Gasteiger partial charge in [0.25, 0.3) is 5.91 Å². The number of carbonyl (C=O) groups excluding carboxylic acids is 2. The molecule has 2 aromatic rings. The summed E-state index contributed by atoms with van der Waals surface area (Å²) >= 11 is 0. The quantitative estimate of drug-likeness (QED) is 0.530. The van der Waals surface area contributed by atoms with Gasteiger partial charge in [0, 0.05) is 51.3 Å². The number of halogens is 3. The Kier molecular flexibility index (Phi) is 7.30. The number of aromatic nitrogens is 2. The number of rotatable bonds is 6. The number of fused-ring (bicyclic) bond motifs is 1. The van der Waals surface area contributed by atoms with Crippen molar-refractivity contribution in [1.82, 2.24) is 24.7 Å². The van der Waals surface area contributed by atoms with E-state index in [1.54, 1.807) is 4.90 Å². The number of amides is 2. The molecule has 0 radical (unpaired) electrons. The molecule has 5 heterocycles. The Hall–Kier alpha value is -3.05. The molecule has 4 aliphatic rings. The van der Waals surface area contributed by atoms with Gasteiger partial charge in [-0.15, -0.1) is 0 Å². The molecule has 0 aliphatic carbocycles. The van der Waals surface area contributed by atoms with E-state index in [0.717, 1.165) is 45.6 Å². The van der Waals surface area contributed by atoms with Crippen LogP contribution in [0.3, 0.4) is 0 Å². The van der Waals surface area contributed by atoms with E-state index in [0.29, 0.717) is 38.1 Å². The van der Waals surface area contributed by atoms with Crippen LogP contribution < -0.4 is 0 Å². The zero-order chi connectivity index (χ0) is 28.9. The minimum Gasteiger partial charge on any atom is -0.381 e. The summed E-state index contributed by atoms with van der Waals surface area (Å²) in [6.07, 6.45) is -2.90. The van der Waals surface area contributed by atoms with Crippen molar-refractivity contribution in [2.24, 2.45) is 17.8 Å². The average molecular weight is 572 g/mol. The molecule has 0 saturated carbocycles. The third kappa shape index (κ3) is 5.34. The topological polar surface area (TPSA) is 78.9 Å². The fourth-order valence-electron chi connectivity index (χ4n) is 7.23. The summed E-state index contributed by atoms with van der Waals surface area (Å²) in [4.78, 5) is 39.7. The summed E-state index contributed by atoms with van der Waals surface area (Å²) in [5.41, 5.74) is 1.51. The zero-order valence-electron chi connectivity index (χ0n) is 23.5. The van der Waals surface area contributed by atoms with Crippen LogP contribution in [0.1, 0.15) is 46.0 Å². The molecule has 0 N–H and O–H groups in total. The molecular weight excluding hydrogens is 535 g/mol. The number of hydrogen-bond donors (Lipinski definition) is 0. The molecule has 220 valence electrons. The third-order valence-electron chi connectivity index (χ3n) is 9.46. The largest absolute Gasteiger partial charge is 0.451 e. The maximum absolute atomic E-state index is 13.3. The fraction of sp³-hybridized carbons (Fsp3) is 0.600. The molecule has 4 aliphatic heterocycles. The van der Waals surface area contributed by atoms with E-state index in [1.165, 1.54) is 19.4 Å². The van der Waals surface area contributed by atoms with Gasteiger partial charge in [-0.2, -0.15) is 13.2 Å². The Labute approximate surface area is 237 Å². The number of hydrogen-bond acceptors (Lipinski definition) is 6. The summed E-state index contributed by atoms with van der Waals surface area (Å²) in [6.45, 7) is 9.34.